The van der Waals surface area contributed by atoms with Crippen LogP contribution in [0.4, 0.5) is 0 Å². The van der Waals surface area contributed by atoms with Crippen LogP contribution in [0.25, 0.3) is 10.6 Å². The molecule has 2 amide bonds. The van der Waals surface area contributed by atoms with Crippen molar-refractivity contribution in [3.8, 4) is 16.3 Å². The Labute approximate surface area is 192 Å². The van der Waals surface area contributed by atoms with E-state index in [2.05, 4.69) is 10.3 Å². The normalized spacial score (nSPS) is 13.6. The van der Waals surface area contributed by atoms with E-state index in [1.54, 1.807) is 7.11 Å². The molecule has 1 aliphatic heterocycles. The Morgan fingerprint density at radius 3 is 2.38 bits per heavy atom. The maximum Gasteiger partial charge on any atom is 0.273 e. The summed E-state index contributed by atoms with van der Waals surface area (Å²) in [6.07, 6.45) is 3.66. The molecule has 0 bridgehead atoms. The number of amides is 2. The maximum atomic E-state index is 12.6. The number of benzene rings is 2. The topological polar surface area (TPSA) is 71.5 Å². The molecule has 1 aromatic heterocycles. The van der Waals surface area contributed by atoms with Crippen LogP contribution in [0.1, 0.15) is 40.9 Å². The molecule has 0 spiro atoms. The van der Waals surface area contributed by atoms with Crippen LogP contribution in [-0.2, 0) is 17.8 Å². The first-order valence-electron chi connectivity index (χ1n) is 10.9. The summed E-state index contributed by atoms with van der Waals surface area (Å²) in [6.45, 7) is 2.11. The van der Waals surface area contributed by atoms with Gasteiger partial charge in [0, 0.05) is 30.6 Å². The lowest BCUT2D eigenvalue weighted by molar-refractivity contribution is -0.120. The van der Waals surface area contributed by atoms with E-state index in [1.807, 2.05) is 58.8 Å². The van der Waals surface area contributed by atoms with Crippen molar-refractivity contribution < 1.29 is 14.3 Å². The van der Waals surface area contributed by atoms with Crippen molar-refractivity contribution in [1.29, 1.82) is 0 Å². The largest absolute Gasteiger partial charge is 0.497 e. The zero-order valence-corrected chi connectivity index (χ0v) is 19.0. The van der Waals surface area contributed by atoms with Gasteiger partial charge in [0.15, 0.2) is 0 Å². The zero-order valence-electron chi connectivity index (χ0n) is 18.2. The molecule has 2 aromatic carbocycles. The molecule has 0 radical (unpaired) electrons. The average molecular weight is 450 g/mol. The van der Waals surface area contributed by atoms with Crippen molar-refractivity contribution in [2.45, 2.75) is 32.2 Å². The number of rotatable bonds is 7. The molecule has 1 saturated heterocycles. The van der Waals surface area contributed by atoms with Crippen LogP contribution in [0.15, 0.2) is 53.9 Å². The molecule has 166 valence electrons. The Hall–Kier alpha value is -3.19. The van der Waals surface area contributed by atoms with Gasteiger partial charge >= 0.3 is 0 Å². The van der Waals surface area contributed by atoms with E-state index in [0.29, 0.717) is 18.7 Å². The van der Waals surface area contributed by atoms with E-state index >= 15 is 0 Å². The average Bonchev–Trinajstić information content (AvgIpc) is 3.34. The van der Waals surface area contributed by atoms with Crippen molar-refractivity contribution in [1.82, 2.24) is 15.2 Å². The molecule has 0 saturated carbocycles. The van der Waals surface area contributed by atoms with Gasteiger partial charge in [0.25, 0.3) is 5.91 Å². The summed E-state index contributed by atoms with van der Waals surface area (Å²) in [7, 11) is 1.62. The summed E-state index contributed by atoms with van der Waals surface area (Å²) in [5.74, 6) is 0.779. The molecule has 32 heavy (non-hydrogen) atoms. The fourth-order valence-electron chi connectivity index (χ4n) is 3.72. The first-order chi connectivity index (χ1) is 15.6. The number of hydrogen-bond donors (Lipinski definition) is 1. The van der Waals surface area contributed by atoms with Crippen molar-refractivity contribution in [2.75, 3.05) is 20.2 Å². The summed E-state index contributed by atoms with van der Waals surface area (Å²) in [4.78, 5) is 31.3. The maximum absolute atomic E-state index is 12.6. The molecular formula is C25H27N3O3S. The molecular weight excluding hydrogens is 422 g/mol. The third-order valence-corrected chi connectivity index (χ3v) is 6.47. The number of carbonyl (C=O) groups is 2. The van der Waals surface area contributed by atoms with Gasteiger partial charge in [-0.2, -0.15) is 0 Å². The Morgan fingerprint density at radius 2 is 1.69 bits per heavy atom. The summed E-state index contributed by atoms with van der Waals surface area (Å²) in [6, 6.07) is 15.4. The highest BCUT2D eigenvalue weighted by Crippen LogP contribution is 2.25. The van der Waals surface area contributed by atoms with Crippen LogP contribution in [0.2, 0.25) is 0 Å². The minimum absolute atomic E-state index is 0.0277. The fraction of sp³-hybridized carbons (Fsp3) is 0.320. The molecule has 0 aliphatic carbocycles. The van der Waals surface area contributed by atoms with Crippen molar-refractivity contribution in [2.24, 2.45) is 0 Å². The summed E-state index contributed by atoms with van der Waals surface area (Å²) in [5, 5.41) is 5.64. The molecule has 2 heterocycles. The van der Waals surface area contributed by atoms with E-state index in [0.717, 1.165) is 53.4 Å². The van der Waals surface area contributed by atoms with Crippen LogP contribution in [-0.4, -0.2) is 41.9 Å². The molecule has 3 aromatic rings. The van der Waals surface area contributed by atoms with Gasteiger partial charge in [0.2, 0.25) is 5.91 Å². The van der Waals surface area contributed by atoms with E-state index in [-0.39, 0.29) is 11.8 Å². The molecule has 6 nitrogen and oxygen atoms in total. The van der Waals surface area contributed by atoms with Gasteiger partial charge in [0.1, 0.15) is 16.5 Å². The number of methoxy groups -OCH3 is 1. The number of hydrogen-bond acceptors (Lipinski definition) is 5. The minimum atomic E-state index is -0.0277. The van der Waals surface area contributed by atoms with Crippen LogP contribution in [0.5, 0.6) is 5.75 Å². The van der Waals surface area contributed by atoms with Crippen molar-refractivity contribution >= 4 is 23.2 Å². The SMILES string of the molecule is COc1ccc(CC(=O)NCc2ccc(-c3nc(C(=O)N4CCCCC4)cs3)cc2)cc1. The van der Waals surface area contributed by atoms with Crippen molar-refractivity contribution in [3.63, 3.8) is 0 Å². The third-order valence-electron chi connectivity index (χ3n) is 5.58. The van der Waals surface area contributed by atoms with Gasteiger partial charge in [-0.3, -0.25) is 9.59 Å². The van der Waals surface area contributed by atoms with E-state index in [4.69, 9.17) is 4.74 Å². The summed E-state index contributed by atoms with van der Waals surface area (Å²) in [5.41, 5.74) is 3.46. The van der Waals surface area contributed by atoms with E-state index in [1.165, 1.54) is 17.8 Å². The minimum Gasteiger partial charge on any atom is -0.497 e. The summed E-state index contributed by atoms with van der Waals surface area (Å²) < 4.78 is 5.14. The molecule has 0 unspecified atom stereocenters. The Morgan fingerprint density at radius 1 is 1.00 bits per heavy atom. The number of carbonyl (C=O) groups excluding carboxylic acids is 2. The Balaban J connectivity index is 1.30. The summed E-state index contributed by atoms with van der Waals surface area (Å²) >= 11 is 1.49. The molecule has 0 atom stereocenters. The zero-order chi connectivity index (χ0) is 22.3. The van der Waals surface area contributed by atoms with Gasteiger partial charge in [-0.15, -0.1) is 11.3 Å². The predicted molar refractivity (Wildman–Crippen MR) is 126 cm³/mol. The predicted octanol–water partition coefficient (Wildman–Crippen LogP) is 4.30. The number of thiazole rings is 1. The second-order valence-electron chi connectivity index (χ2n) is 7.89. The van der Waals surface area contributed by atoms with Crippen molar-refractivity contribution in [3.05, 3.63) is 70.7 Å². The third kappa shape index (κ3) is 5.53. The highest BCUT2D eigenvalue weighted by Gasteiger charge is 2.20. The van der Waals surface area contributed by atoms with Crippen LogP contribution in [0.3, 0.4) is 0 Å². The fourth-order valence-corrected chi connectivity index (χ4v) is 4.52. The molecule has 1 aliphatic rings. The monoisotopic (exact) mass is 449 g/mol. The van der Waals surface area contributed by atoms with Gasteiger partial charge in [-0.25, -0.2) is 4.98 Å². The van der Waals surface area contributed by atoms with E-state index in [9.17, 15) is 9.59 Å². The Bertz CT molecular complexity index is 1050. The van der Waals surface area contributed by atoms with Gasteiger partial charge in [-0.1, -0.05) is 36.4 Å². The lowest BCUT2D eigenvalue weighted by atomic mass is 10.1. The quantitative estimate of drug-likeness (QED) is 0.584. The first kappa shape index (κ1) is 22.0. The smallest absolute Gasteiger partial charge is 0.273 e. The second kappa shape index (κ2) is 10.4. The van der Waals surface area contributed by atoms with Gasteiger partial charge in [-0.05, 0) is 42.5 Å². The lowest BCUT2D eigenvalue weighted by Crippen LogP contribution is -2.35. The second-order valence-corrected chi connectivity index (χ2v) is 8.75. The number of nitrogens with zero attached hydrogens (tertiary/aromatic N) is 2. The number of piperidine rings is 1. The van der Waals surface area contributed by atoms with Crippen LogP contribution >= 0.6 is 11.3 Å². The molecule has 7 heteroatoms. The van der Waals surface area contributed by atoms with Crippen LogP contribution in [0, 0.1) is 0 Å². The highest BCUT2D eigenvalue weighted by atomic mass is 32.1. The van der Waals surface area contributed by atoms with Gasteiger partial charge < -0.3 is 15.0 Å². The Kier molecular flexibility index (Phi) is 7.17. The number of nitrogens with one attached hydrogen (secondary N) is 1. The number of likely N-dealkylation sites (tertiary alicyclic amines) is 1. The first-order valence-corrected chi connectivity index (χ1v) is 11.7. The van der Waals surface area contributed by atoms with Crippen LogP contribution < -0.4 is 10.1 Å². The van der Waals surface area contributed by atoms with E-state index < -0.39 is 0 Å². The van der Waals surface area contributed by atoms with Gasteiger partial charge in [0.05, 0.1) is 13.5 Å². The molecule has 4 rings (SSSR count). The highest BCUT2D eigenvalue weighted by molar-refractivity contribution is 7.13. The standard InChI is InChI=1S/C25H27N3O3S/c1-31-21-11-7-18(8-12-21)15-23(29)26-16-19-5-9-20(10-6-19)24-27-22(17-32-24)25(30)28-13-3-2-4-14-28/h5-12,17H,2-4,13-16H2,1H3,(H,26,29). The lowest BCUT2D eigenvalue weighted by Gasteiger charge is -2.25. The molecule has 1 N–H and O–H groups in total. The number of ether oxygens (including phenoxy) is 1. The molecule has 1 fully saturated rings. The number of aromatic nitrogens is 1.